The summed E-state index contributed by atoms with van der Waals surface area (Å²) >= 11 is 1.54. The molecule has 1 aromatic heterocycles. The first-order chi connectivity index (χ1) is 10.1. The summed E-state index contributed by atoms with van der Waals surface area (Å²) in [5.41, 5.74) is 0.639. The lowest BCUT2D eigenvalue weighted by molar-refractivity contribution is -0.147. The SMILES string of the molecule is O=C(COC(=O)Cc1ccc(F)cc1)NCc1cccs1. The number of esters is 1. The Morgan fingerprint density at radius 1 is 1.19 bits per heavy atom. The third-order valence-corrected chi connectivity index (χ3v) is 3.54. The molecule has 6 heteroatoms. The van der Waals surface area contributed by atoms with E-state index >= 15 is 0 Å². The van der Waals surface area contributed by atoms with Crippen LogP contribution in [0.2, 0.25) is 0 Å². The van der Waals surface area contributed by atoms with Crippen LogP contribution in [0.4, 0.5) is 4.39 Å². The summed E-state index contributed by atoms with van der Waals surface area (Å²) in [7, 11) is 0. The molecule has 2 aromatic rings. The lowest BCUT2D eigenvalue weighted by Crippen LogP contribution is -2.28. The zero-order valence-electron chi connectivity index (χ0n) is 11.2. The topological polar surface area (TPSA) is 55.4 Å². The minimum Gasteiger partial charge on any atom is -0.455 e. The van der Waals surface area contributed by atoms with Crippen molar-refractivity contribution in [3.63, 3.8) is 0 Å². The van der Waals surface area contributed by atoms with Crippen molar-refractivity contribution in [1.29, 1.82) is 0 Å². The molecule has 2 rings (SSSR count). The van der Waals surface area contributed by atoms with E-state index in [2.05, 4.69) is 5.32 Å². The zero-order valence-corrected chi connectivity index (χ0v) is 12.0. The molecular weight excluding hydrogens is 293 g/mol. The van der Waals surface area contributed by atoms with Crippen molar-refractivity contribution in [3.05, 3.63) is 58.0 Å². The summed E-state index contributed by atoms with van der Waals surface area (Å²) in [6.07, 6.45) is 0.0124. The second kappa shape index (κ2) is 7.54. The molecule has 0 aliphatic heterocycles. The second-order valence-corrected chi connectivity index (χ2v) is 5.35. The van der Waals surface area contributed by atoms with Crippen LogP contribution in [0.25, 0.3) is 0 Å². The minimum atomic E-state index is -0.520. The van der Waals surface area contributed by atoms with Crippen molar-refractivity contribution in [2.24, 2.45) is 0 Å². The largest absolute Gasteiger partial charge is 0.455 e. The molecule has 0 saturated carbocycles. The van der Waals surface area contributed by atoms with Crippen LogP contribution in [-0.2, 0) is 27.3 Å². The van der Waals surface area contributed by atoms with Gasteiger partial charge in [0.15, 0.2) is 6.61 Å². The molecule has 1 amide bonds. The van der Waals surface area contributed by atoms with Gasteiger partial charge in [-0.2, -0.15) is 0 Å². The van der Waals surface area contributed by atoms with E-state index in [0.29, 0.717) is 12.1 Å². The maximum atomic E-state index is 12.7. The summed E-state index contributed by atoms with van der Waals surface area (Å²) in [6, 6.07) is 9.37. The van der Waals surface area contributed by atoms with Crippen molar-refractivity contribution >= 4 is 23.2 Å². The van der Waals surface area contributed by atoms with Gasteiger partial charge in [-0.1, -0.05) is 18.2 Å². The monoisotopic (exact) mass is 307 g/mol. The number of rotatable bonds is 6. The summed E-state index contributed by atoms with van der Waals surface area (Å²) in [4.78, 5) is 24.1. The summed E-state index contributed by atoms with van der Waals surface area (Å²) in [6.45, 7) is 0.109. The molecule has 0 saturated heterocycles. The average Bonchev–Trinajstić information content (AvgIpc) is 2.99. The minimum absolute atomic E-state index is 0.0124. The fourth-order valence-electron chi connectivity index (χ4n) is 1.62. The first-order valence-electron chi connectivity index (χ1n) is 6.32. The highest BCUT2D eigenvalue weighted by molar-refractivity contribution is 7.09. The molecule has 21 heavy (non-hydrogen) atoms. The highest BCUT2D eigenvalue weighted by atomic mass is 32.1. The number of carbonyl (C=O) groups excluding carboxylic acids is 2. The number of thiophene rings is 1. The lowest BCUT2D eigenvalue weighted by atomic mass is 10.1. The molecule has 0 spiro atoms. The quantitative estimate of drug-likeness (QED) is 0.833. The van der Waals surface area contributed by atoms with Gasteiger partial charge in [0.25, 0.3) is 5.91 Å². The summed E-state index contributed by atoms with van der Waals surface area (Å²) in [5, 5.41) is 4.58. The van der Waals surface area contributed by atoms with Gasteiger partial charge in [0.05, 0.1) is 13.0 Å². The molecule has 0 fully saturated rings. The second-order valence-electron chi connectivity index (χ2n) is 4.32. The third-order valence-electron chi connectivity index (χ3n) is 2.67. The molecule has 0 unspecified atom stereocenters. The van der Waals surface area contributed by atoms with E-state index in [1.807, 2.05) is 17.5 Å². The van der Waals surface area contributed by atoms with Gasteiger partial charge in [-0.05, 0) is 29.1 Å². The van der Waals surface area contributed by atoms with Gasteiger partial charge in [0.2, 0.25) is 0 Å². The Hall–Kier alpha value is -2.21. The van der Waals surface area contributed by atoms with Crippen molar-refractivity contribution in [3.8, 4) is 0 Å². The van der Waals surface area contributed by atoms with Crippen molar-refractivity contribution < 1.29 is 18.7 Å². The zero-order chi connectivity index (χ0) is 15.1. The van der Waals surface area contributed by atoms with E-state index in [0.717, 1.165) is 4.88 Å². The predicted molar refractivity (Wildman–Crippen MR) is 77.2 cm³/mol. The molecule has 0 aliphatic carbocycles. The Balaban J connectivity index is 1.68. The van der Waals surface area contributed by atoms with E-state index in [9.17, 15) is 14.0 Å². The van der Waals surface area contributed by atoms with Crippen molar-refractivity contribution in [2.75, 3.05) is 6.61 Å². The highest BCUT2D eigenvalue weighted by Crippen LogP contribution is 2.07. The molecule has 4 nitrogen and oxygen atoms in total. The number of ether oxygens (including phenoxy) is 1. The van der Waals surface area contributed by atoms with Crippen LogP contribution in [0.3, 0.4) is 0 Å². The number of carbonyl (C=O) groups is 2. The van der Waals surface area contributed by atoms with E-state index < -0.39 is 5.97 Å². The van der Waals surface area contributed by atoms with Crippen LogP contribution in [0.1, 0.15) is 10.4 Å². The van der Waals surface area contributed by atoms with Gasteiger partial charge in [-0.25, -0.2) is 4.39 Å². The van der Waals surface area contributed by atoms with Crippen LogP contribution in [0.15, 0.2) is 41.8 Å². The molecule has 1 heterocycles. The predicted octanol–water partition coefficient (Wildman–Crippen LogP) is 2.29. The van der Waals surface area contributed by atoms with Gasteiger partial charge >= 0.3 is 5.97 Å². The summed E-state index contributed by atoms with van der Waals surface area (Å²) in [5.74, 6) is -1.23. The number of halogens is 1. The number of hydrogen-bond donors (Lipinski definition) is 1. The fraction of sp³-hybridized carbons (Fsp3) is 0.200. The standard InChI is InChI=1S/C15H14FNO3S/c16-12-5-3-11(4-6-12)8-15(19)20-10-14(18)17-9-13-2-1-7-21-13/h1-7H,8-10H2,(H,17,18). The molecule has 110 valence electrons. The maximum Gasteiger partial charge on any atom is 0.310 e. The van der Waals surface area contributed by atoms with E-state index in [1.165, 1.54) is 35.6 Å². The van der Waals surface area contributed by atoms with Crippen LogP contribution >= 0.6 is 11.3 Å². The van der Waals surface area contributed by atoms with Gasteiger partial charge in [-0.3, -0.25) is 9.59 Å². The lowest BCUT2D eigenvalue weighted by Gasteiger charge is -2.06. The van der Waals surface area contributed by atoms with E-state index in [4.69, 9.17) is 4.74 Å². The Kier molecular flexibility index (Phi) is 5.45. The van der Waals surface area contributed by atoms with Gasteiger partial charge in [-0.15, -0.1) is 11.3 Å². The maximum absolute atomic E-state index is 12.7. The van der Waals surface area contributed by atoms with Gasteiger partial charge in [0.1, 0.15) is 5.82 Å². The number of nitrogens with one attached hydrogen (secondary N) is 1. The molecular formula is C15H14FNO3S. The van der Waals surface area contributed by atoms with E-state index in [1.54, 1.807) is 0 Å². The number of hydrogen-bond acceptors (Lipinski definition) is 4. The van der Waals surface area contributed by atoms with Crippen molar-refractivity contribution in [2.45, 2.75) is 13.0 Å². The number of benzene rings is 1. The normalized spacial score (nSPS) is 10.1. The first kappa shape index (κ1) is 15.2. The molecule has 1 N–H and O–H groups in total. The Morgan fingerprint density at radius 2 is 1.95 bits per heavy atom. The molecule has 0 radical (unpaired) electrons. The molecule has 0 atom stereocenters. The summed E-state index contributed by atoms with van der Waals surface area (Å²) < 4.78 is 17.6. The number of amides is 1. The smallest absolute Gasteiger partial charge is 0.310 e. The molecule has 0 aliphatic rings. The van der Waals surface area contributed by atoms with Crippen LogP contribution in [0, 0.1) is 5.82 Å². The van der Waals surface area contributed by atoms with Crippen LogP contribution in [0.5, 0.6) is 0 Å². The van der Waals surface area contributed by atoms with Crippen molar-refractivity contribution in [1.82, 2.24) is 5.32 Å². The molecule has 0 bridgehead atoms. The van der Waals surface area contributed by atoms with Gasteiger partial charge < -0.3 is 10.1 Å². The highest BCUT2D eigenvalue weighted by Gasteiger charge is 2.08. The van der Waals surface area contributed by atoms with Crippen LogP contribution < -0.4 is 5.32 Å². The Morgan fingerprint density at radius 3 is 2.62 bits per heavy atom. The Labute approximate surface area is 125 Å². The van der Waals surface area contributed by atoms with E-state index in [-0.39, 0.29) is 24.8 Å². The molecule has 1 aromatic carbocycles. The van der Waals surface area contributed by atoms with Crippen LogP contribution in [-0.4, -0.2) is 18.5 Å². The third kappa shape index (κ3) is 5.35. The van der Waals surface area contributed by atoms with Gasteiger partial charge in [0, 0.05) is 4.88 Å². The fourth-order valence-corrected chi connectivity index (χ4v) is 2.26. The average molecular weight is 307 g/mol. The first-order valence-corrected chi connectivity index (χ1v) is 7.20. The Bertz CT molecular complexity index is 596.